The number of nitrogens with one attached hydrogen (secondary N) is 1. The Labute approximate surface area is 116 Å². The van der Waals surface area contributed by atoms with E-state index in [9.17, 15) is 4.39 Å². The summed E-state index contributed by atoms with van der Waals surface area (Å²) in [6.45, 7) is 4.74. The Kier molecular flexibility index (Phi) is 5.61. The largest absolute Gasteiger partial charge is 0.385 e. The van der Waals surface area contributed by atoms with Gasteiger partial charge in [0, 0.05) is 12.2 Å². The molecule has 1 N–H and O–H groups in total. The van der Waals surface area contributed by atoms with Crippen molar-refractivity contribution in [3.63, 3.8) is 0 Å². The molecule has 1 rings (SSSR count). The lowest BCUT2D eigenvalue weighted by atomic mass is 9.89. The maximum absolute atomic E-state index is 13.0. The van der Waals surface area contributed by atoms with Crippen LogP contribution in [-0.2, 0) is 0 Å². The summed E-state index contributed by atoms with van der Waals surface area (Å²) in [5, 5.41) is 12.1. The smallest absolute Gasteiger partial charge is 0.137 e. The Hall–Kier alpha value is -1.08. The zero-order chi connectivity index (χ0) is 13.6. The van der Waals surface area contributed by atoms with Gasteiger partial charge in [-0.25, -0.2) is 4.39 Å². The molecule has 0 unspecified atom stereocenters. The van der Waals surface area contributed by atoms with Crippen LogP contribution in [0.2, 0.25) is 0 Å². The van der Waals surface area contributed by atoms with E-state index in [1.165, 1.54) is 6.07 Å². The quantitative estimate of drug-likeness (QED) is 0.771. The fourth-order valence-electron chi connectivity index (χ4n) is 1.59. The van der Waals surface area contributed by atoms with E-state index >= 15 is 0 Å². The van der Waals surface area contributed by atoms with E-state index < -0.39 is 0 Å². The van der Waals surface area contributed by atoms with Crippen LogP contribution in [0.15, 0.2) is 22.7 Å². The second kappa shape index (κ2) is 6.75. The van der Waals surface area contributed by atoms with Gasteiger partial charge in [-0.05, 0) is 60.8 Å². The number of halogens is 2. The Morgan fingerprint density at radius 3 is 2.72 bits per heavy atom. The van der Waals surface area contributed by atoms with E-state index in [1.807, 2.05) is 13.8 Å². The third-order valence-electron chi connectivity index (χ3n) is 2.78. The van der Waals surface area contributed by atoms with E-state index in [1.54, 1.807) is 12.1 Å². The van der Waals surface area contributed by atoms with Crippen molar-refractivity contribution in [3.05, 3.63) is 28.5 Å². The van der Waals surface area contributed by atoms with Gasteiger partial charge in [0.05, 0.1) is 16.0 Å². The second-order valence-electron chi connectivity index (χ2n) is 5.01. The van der Waals surface area contributed by atoms with Crippen LogP contribution in [0.25, 0.3) is 0 Å². The van der Waals surface area contributed by atoms with Gasteiger partial charge in [-0.15, -0.1) is 0 Å². The summed E-state index contributed by atoms with van der Waals surface area (Å²) in [7, 11) is 0. The fourth-order valence-corrected chi connectivity index (χ4v) is 1.97. The molecule has 0 bridgehead atoms. The molecule has 0 radical (unpaired) electrons. The predicted octanol–water partition coefficient (Wildman–Crippen LogP) is 4.72. The first-order valence-electron chi connectivity index (χ1n) is 6.05. The summed E-state index contributed by atoms with van der Waals surface area (Å²) in [4.78, 5) is 0. The normalized spacial score (nSPS) is 11.1. The highest BCUT2D eigenvalue weighted by Crippen LogP contribution is 2.22. The predicted molar refractivity (Wildman–Crippen MR) is 75.8 cm³/mol. The highest BCUT2D eigenvalue weighted by atomic mass is 79.9. The minimum Gasteiger partial charge on any atom is -0.385 e. The lowest BCUT2D eigenvalue weighted by Crippen LogP contribution is -2.09. The van der Waals surface area contributed by atoms with E-state index in [2.05, 4.69) is 27.3 Å². The SMILES string of the molecule is CC(C)(C#N)CCCCNc1ccc(F)c(Br)c1. The van der Waals surface area contributed by atoms with Gasteiger partial charge in [-0.1, -0.05) is 6.42 Å². The van der Waals surface area contributed by atoms with Gasteiger partial charge in [0.2, 0.25) is 0 Å². The van der Waals surface area contributed by atoms with Crippen molar-refractivity contribution in [1.82, 2.24) is 0 Å². The van der Waals surface area contributed by atoms with Crippen molar-refractivity contribution in [2.75, 3.05) is 11.9 Å². The molecule has 0 aliphatic rings. The van der Waals surface area contributed by atoms with E-state index in [4.69, 9.17) is 5.26 Å². The molecule has 0 heterocycles. The standard InChI is InChI=1S/C14H18BrFN2/c1-14(2,10-17)7-3-4-8-18-11-5-6-13(16)12(15)9-11/h5-6,9,18H,3-4,7-8H2,1-2H3. The first-order valence-corrected chi connectivity index (χ1v) is 6.84. The summed E-state index contributed by atoms with van der Waals surface area (Å²) < 4.78 is 13.5. The zero-order valence-corrected chi connectivity index (χ0v) is 12.3. The molecule has 0 aliphatic carbocycles. The van der Waals surface area contributed by atoms with Crippen LogP contribution in [0.3, 0.4) is 0 Å². The van der Waals surface area contributed by atoms with Crippen molar-refractivity contribution in [2.24, 2.45) is 5.41 Å². The average Bonchev–Trinajstić information content (AvgIpc) is 2.33. The summed E-state index contributed by atoms with van der Waals surface area (Å²) >= 11 is 3.15. The molecular formula is C14H18BrFN2. The zero-order valence-electron chi connectivity index (χ0n) is 10.8. The third kappa shape index (κ3) is 5.05. The molecule has 0 saturated carbocycles. The van der Waals surface area contributed by atoms with E-state index in [0.717, 1.165) is 31.5 Å². The van der Waals surface area contributed by atoms with Crippen LogP contribution < -0.4 is 5.32 Å². The number of rotatable bonds is 6. The van der Waals surface area contributed by atoms with Crippen molar-refractivity contribution < 1.29 is 4.39 Å². The molecule has 0 aromatic heterocycles. The minimum atomic E-state index is -0.253. The topological polar surface area (TPSA) is 35.8 Å². The molecule has 0 saturated heterocycles. The van der Waals surface area contributed by atoms with Gasteiger partial charge in [-0.3, -0.25) is 0 Å². The number of anilines is 1. The first-order chi connectivity index (χ1) is 8.44. The van der Waals surface area contributed by atoms with Gasteiger partial charge in [0.1, 0.15) is 5.82 Å². The molecule has 0 atom stereocenters. The number of nitrogens with zero attached hydrogens (tertiary/aromatic N) is 1. The Morgan fingerprint density at radius 1 is 1.39 bits per heavy atom. The Morgan fingerprint density at radius 2 is 2.11 bits per heavy atom. The Bertz CT molecular complexity index is 438. The number of benzene rings is 1. The monoisotopic (exact) mass is 312 g/mol. The van der Waals surface area contributed by atoms with Crippen LogP contribution in [0, 0.1) is 22.6 Å². The van der Waals surface area contributed by atoms with Gasteiger partial charge in [0.25, 0.3) is 0 Å². The van der Waals surface area contributed by atoms with Crippen LogP contribution >= 0.6 is 15.9 Å². The van der Waals surface area contributed by atoms with E-state index in [-0.39, 0.29) is 11.2 Å². The van der Waals surface area contributed by atoms with Crippen LogP contribution in [0.5, 0.6) is 0 Å². The highest BCUT2D eigenvalue weighted by molar-refractivity contribution is 9.10. The molecule has 0 spiro atoms. The van der Waals surface area contributed by atoms with Crippen molar-refractivity contribution in [3.8, 4) is 6.07 Å². The number of unbranched alkanes of at least 4 members (excludes halogenated alkanes) is 1. The molecule has 0 fully saturated rings. The van der Waals surface area contributed by atoms with Crippen molar-refractivity contribution in [2.45, 2.75) is 33.1 Å². The van der Waals surface area contributed by atoms with Crippen LogP contribution in [0.4, 0.5) is 10.1 Å². The van der Waals surface area contributed by atoms with Crippen molar-refractivity contribution in [1.29, 1.82) is 5.26 Å². The molecule has 18 heavy (non-hydrogen) atoms. The molecule has 2 nitrogen and oxygen atoms in total. The molecule has 1 aromatic carbocycles. The highest BCUT2D eigenvalue weighted by Gasteiger charge is 2.15. The molecular weight excluding hydrogens is 295 g/mol. The minimum absolute atomic E-state index is 0.237. The average molecular weight is 313 g/mol. The lowest BCUT2D eigenvalue weighted by molar-refractivity contribution is 0.430. The molecule has 4 heteroatoms. The van der Waals surface area contributed by atoms with Crippen molar-refractivity contribution >= 4 is 21.6 Å². The second-order valence-corrected chi connectivity index (χ2v) is 5.86. The lowest BCUT2D eigenvalue weighted by Gasteiger charge is -2.14. The molecule has 1 aromatic rings. The maximum Gasteiger partial charge on any atom is 0.137 e. The maximum atomic E-state index is 13.0. The first kappa shape index (κ1) is 15.0. The molecule has 98 valence electrons. The third-order valence-corrected chi connectivity index (χ3v) is 3.39. The van der Waals surface area contributed by atoms with Gasteiger partial charge < -0.3 is 5.32 Å². The summed E-state index contributed by atoms with van der Waals surface area (Å²) in [5.74, 6) is -0.253. The number of hydrogen-bond donors (Lipinski definition) is 1. The van der Waals surface area contributed by atoms with Gasteiger partial charge in [-0.2, -0.15) is 5.26 Å². The van der Waals surface area contributed by atoms with Gasteiger partial charge >= 0.3 is 0 Å². The fraction of sp³-hybridized carbons (Fsp3) is 0.500. The van der Waals surface area contributed by atoms with Crippen LogP contribution in [0.1, 0.15) is 33.1 Å². The Balaban J connectivity index is 2.26. The molecule has 0 amide bonds. The van der Waals surface area contributed by atoms with Gasteiger partial charge in [0.15, 0.2) is 0 Å². The summed E-state index contributed by atoms with van der Waals surface area (Å²) in [6, 6.07) is 7.18. The van der Waals surface area contributed by atoms with E-state index in [0.29, 0.717) is 4.47 Å². The number of hydrogen-bond acceptors (Lipinski definition) is 2. The summed E-state index contributed by atoms with van der Waals surface area (Å²) in [5.41, 5.74) is 0.668. The summed E-state index contributed by atoms with van der Waals surface area (Å²) in [6.07, 6.45) is 2.91. The molecule has 0 aliphatic heterocycles. The number of nitriles is 1. The van der Waals surface area contributed by atoms with Crippen LogP contribution in [-0.4, -0.2) is 6.54 Å².